The van der Waals surface area contributed by atoms with Crippen LogP contribution in [0.5, 0.6) is 11.5 Å². The van der Waals surface area contributed by atoms with Gasteiger partial charge < -0.3 is 56.6 Å². The number of carbonyl (C=O) groups excluding carboxylic acids is 7. The number of aryl methyl sites for hydroxylation is 3. The molecule has 21 nitrogen and oxygen atoms in total. The number of hydrogen-bond acceptors (Lipinski definition) is 17. The third kappa shape index (κ3) is 28.5. The fraction of sp³-hybridized carbons (Fsp3) is 0.416. The van der Waals surface area contributed by atoms with E-state index in [1.165, 1.54) is 31.1 Å². The van der Waals surface area contributed by atoms with Crippen molar-refractivity contribution >= 4 is 84.9 Å². The van der Waals surface area contributed by atoms with Crippen LogP contribution in [0.3, 0.4) is 0 Å². The molecule has 1 heterocycles. The topological polar surface area (TPSA) is 348 Å². The molecule has 23 heteroatoms. The van der Waals surface area contributed by atoms with Gasteiger partial charge in [0, 0.05) is 83.3 Å². The van der Waals surface area contributed by atoms with Crippen molar-refractivity contribution in [3.8, 4) is 28.7 Å². The summed E-state index contributed by atoms with van der Waals surface area (Å²) >= 11 is 6.59. The van der Waals surface area contributed by atoms with E-state index in [-0.39, 0.29) is 81.9 Å². The molecule has 112 heavy (non-hydrogen) atoms. The molecule has 602 valence electrons. The number of esters is 2. The zero-order valence-corrected chi connectivity index (χ0v) is 70.0. The second-order valence-corrected chi connectivity index (χ2v) is 29.1. The number of aromatic carboxylic acids is 2. The van der Waals surface area contributed by atoms with Crippen LogP contribution in [0.25, 0.3) is 11.1 Å². The number of amides is 2. The quantitative estimate of drug-likeness (QED) is 0.0180. The second kappa shape index (κ2) is 49.6. The molecule has 0 saturated heterocycles. The summed E-state index contributed by atoms with van der Waals surface area (Å²) in [6, 6.07) is 38.0. The molecule has 8 rings (SSSR count). The lowest BCUT2D eigenvalue weighted by molar-refractivity contribution is -0.142. The van der Waals surface area contributed by atoms with Crippen molar-refractivity contribution in [3.63, 3.8) is 0 Å². The normalized spacial score (nSPS) is 13.8. The van der Waals surface area contributed by atoms with E-state index in [0.29, 0.717) is 81.0 Å². The first kappa shape index (κ1) is 94.7. The van der Waals surface area contributed by atoms with Crippen LogP contribution in [0.15, 0.2) is 136 Å². The number of unbranched alkanes of at least 4 members (excludes halogenated alkanes) is 3. The van der Waals surface area contributed by atoms with E-state index in [4.69, 9.17) is 41.6 Å². The lowest BCUT2D eigenvalue weighted by Gasteiger charge is -2.32. The smallest absolute Gasteiger partial charge is 0.338 e. The van der Waals surface area contributed by atoms with Gasteiger partial charge in [0.05, 0.1) is 48.6 Å². The second-order valence-electron chi connectivity index (χ2n) is 27.4. The SMILES string of the molecule is CCCCc1cccc(C(=O)C[C@@H](CCCN)C(=O)N(C)[C@@H]2C(=O)C[C@@H](C)C(=O)N[C@H](C(=O)CCC#N)Cc3ccc(OCCN)c(c3)-c3cc2ccc3OCCN)c1C.CCCCc1cccc(C(=O)O)c1C.CCCCc1cccc(C(=O)OC)c1C.COC(=O)c1cccc(Br)c1C.Cc1c(Br)cccc1C(=O)O. The first-order valence-corrected chi connectivity index (χ1v) is 39.7. The summed E-state index contributed by atoms with van der Waals surface area (Å²) in [5.74, 6) is -4.86. The molecule has 0 saturated carbocycles. The zero-order chi connectivity index (χ0) is 83.1. The highest BCUT2D eigenvalue weighted by atomic mass is 79.9. The number of likely N-dealkylation sites (N-methyl/N-ethyl adjacent to an activating group) is 1. The van der Waals surface area contributed by atoms with Crippen LogP contribution in [-0.4, -0.2) is 128 Å². The number of nitrogens with two attached hydrogens (primary N) is 3. The number of carboxylic acid groups (broad SMARTS) is 2. The maximum atomic E-state index is 14.8. The Morgan fingerprint density at radius 1 is 0.580 bits per heavy atom. The first-order chi connectivity index (χ1) is 53.5. The molecule has 4 atom stereocenters. The van der Waals surface area contributed by atoms with Crippen molar-refractivity contribution in [2.24, 2.45) is 29.0 Å². The number of ether oxygens (including phenoxy) is 4. The number of carboxylic acids is 2. The summed E-state index contributed by atoms with van der Waals surface area (Å²) in [4.78, 5) is 116. The summed E-state index contributed by atoms with van der Waals surface area (Å²) in [6.07, 6.45) is 9.96. The number of ketones is 3. The summed E-state index contributed by atoms with van der Waals surface area (Å²) < 4.78 is 23.4. The van der Waals surface area contributed by atoms with Crippen LogP contribution >= 0.6 is 31.9 Å². The number of fused-ring (bicyclic) bond motifs is 5. The maximum Gasteiger partial charge on any atom is 0.338 e. The number of rotatable bonds is 30. The fourth-order valence-electron chi connectivity index (χ4n) is 12.7. The first-order valence-electron chi connectivity index (χ1n) is 38.1. The van der Waals surface area contributed by atoms with Gasteiger partial charge in [-0.1, -0.05) is 146 Å². The minimum atomic E-state index is -1.18. The predicted molar refractivity (Wildman–Crippen MR) is 445 cm³/mol. The van der Waals surface area contributed by atoms with Gasteiger partial charge in [0.2, 0.25) is 11.8 Å². The average Bonchev–Trinajstić information content (AvgIpc) is 0.776. The minimum Gasteiger partial charge on any atom is -0.492 e. The molecular weight excluding hydrogens is 1550 g/mol. The van der Waals surface area contributed by atoms with Gasteiger partial charge in [-0.2, -0.15) is 5.26 Å². The number of carbonyl (C=O) groups is 9. The Morgan fingerprint density at radius 2 is 1.02 bits per heavy atom. The van der Waals surface area contributed by atoms with Crippen LogP contribution in [0, 0.1) is 57.8 Å². The molecule has 0 unspecified atom stereocenters. The van der Waals surface area contributed by atoms with Gasteiger partial charge in [-0.3, -0.25) is 24.0 Å². The van der Waals surface area contributed by atoms with Gasteiger partial charge in [-0.15, -0.1) is 0 Å². The van der Waals surface area contributed by atoms with Gasteiger partial charge >= 0.3 is 23.9 Å². The predicted octanol–water partition coefficient (Wildman–Crippen LogP) is 16.5. The number of methoxy groups -OCH3 is 2. The van der Waals surface area contributed by atoms with Crippen molar-refractivity contribution in [1.82, 2.24) is 10.2 Å². The van der Waals surface area contributed by atoms with Gasteiger partial charge in [0.25, 0.3) is 0 Å². The summed E-state index contributed by atoms with van der Waals surface area (Å²) in [5.41, 5.74) is 30.6. The average molecular weight is 1670 g/mol. The van der Waals surface area contributed by atoms with Crippen molar-refractivity contribution in [1.29, 1.82) is 5.26 Å². The number of nitrogens with one attached hydrogen (secondary N) is 1. The Hall–Kier alpha value is -9.70. The zero-order valence-electron chi connectivity index (χ0n) is 66.9. The number of benzene rings is 7. The van der Waals surface area contributed by atoms with Crippen LogP contribution in [0.4, 0.5) is 0 Å². The molecule has 2 amide bonds. The van der Waals surface area contributed by atoms with E-state index in [1.807, 2.05) is 94.4 Å². The molecule has 9 N–H and O–H groups in total. The van der Waals surface area contributed by atoms with E-state index >= 15 is 0 Å². The monoisotopic (exact) mass is 1660 g/mol. The minimum absolute atomic E-state index is 0.0180. The fourth-order valence-corrected chi connectivity index (χ4v) is 13.5. The summed E-state index contributed by atoms with van der Waals surface area (Å²) in [6.45, 7) is 18.6. The lowest BCUT2D eigenvalue weighted by Crippen LogP contribution is -2.45. The number of Topliss-reactive ketones (excluding diaryl/α,β-unsaturated/α-hetero) is 3. The summed E-state index contributed by atoms with van der Waals surface area (Å²) in [7, 11) is 4.34. The number of nitrogens with zero attached hydrogens (tertiary/aromatic N) is 2. The molecule has 1 aliphatic heterocycles. The lowest BCUT2D eigenvalue weighted by atomic mass is 9.87. The Balaban J connectivity index is 0.000000400. The molecule has 0 radical (unpaired) electrons. The van der Waals surface area contributed by atoms with Crippen LogP contribution in [-0.2, 0) is 54.3 Å². The highest BCUT2D eigenvalue weighted by Crippen LogP contribution is 2.41. The number of halogens is 2. The molecule has 0 aromatic heterocycles. The molecule has 0 spiro atoms. The molecule has 1 aliphatic rings. The van der Waals surface area contributed by atoms with Gasteiger partial charge in [-0.25, -0.2) is 19.2 Å². The van der Waals surface area contributed by atoms with Crippen LogP contribution < -0.4 is 32.0 Å². The van der Waals surface area contributed by atoms with Gasteiger partial charge in [0.15, 0.2) is 17.3 Å². The highest BCUT2D eigenvalue weighted by Gasteiger charge is 2.37. The Bertz CT molecular complexity index is 4380. The maximum absolute atomic E-state index is 14.8. The van der Waals surface area contributed by atoms with Crippen LogP contribution in [0.1, 0.15) is 218 Å². The third-order valence-electron chi connectivity index (χ3n) is 19.4. The van der Waals surface area contributed by atoms with Crippen molar-refractivity contribution in [2.75, 3.05) is 54.1 Å². The molecule has 4 bridgehead atoms. The molecule has 0 aliphatic carbocycles. The molecule has 0 fully saturated rings. The number of hydrogen-bond donors (Lipinski definition) is 6. The standard InChI is InChI=1S/C47H62N6O7.C13H18O2.C12H16O2.C9H9BrO2.C8H7BrO2/c1-5-6-10-33-11-7-13-36(31(33)3)41(55)29-35(12-8-19-48)47(58)53(4)45-34-16-18-44(60-24-22-51)38(28-34)37-26-32(15-17-43(37)59-23-21-50)27-39(40(54)14-9-20-49)52-46(57)30(2)25-42(45)56;1-4-5-7-11-8-6-9-12(10(11)2)13(14)15-3;1-3-4-6-10-7-5-8-11(9(10)2)12(13)14;1-6-7(9(11)12-2)4-3-5-8(6)10;1-5-6(8(10)11)3-2-4-7(5)9/h7,11,13,15-18,26,28,30,35,39,45H,5-6,8-10,12,14,19,21-25,27,29,48,50-51H2,1-4H3,(H,52,57);6,8-9H,4-5,7H2,1-3H3;5,7-8H,3-4,6H2,1-2H3,(H,13,14);3-5H,1-2H3;2-4H,1H3,(H,10,11)/t30-,35-,39+,45+;;;;/m1..../s1. The van der Waals surface area contributed by atoms with Gasteiger partial charge in [0.1, 0.15) is 30.8 Å². The number of nitriles is 1. The van der Waals surface area contributed by atoms with E-state index in [0.717, 1.165) is 99.3 Å². The molecule has 7 aromatic rings. The van der Waals surface area contributed by atoms with Gasteiger partial charge in [-0.05, 0) is 215 Å². The van der Waals surface area contributed by atoms with Crippen molar-refractivity contribution < 1.29 is 72.3 Å². The molecular formula is C89H112Br2N6O15. The van der Waals surface area contributed by atoms with Crippen LogP contribution in [0.2, 0.25) is 0 Å². The highest BCUT2D eigenvalue weighted by molar-refractivity contribution is 9.10. The molecule has 7 aromatic carbocycles. The van der Waals surface area contributed by atoms with E-state index in [1.54, 1.807) is 81.6 Å². The summed E-state index contributed by atoms with van der Waals surface area (Å²) in [5, 5.41) is 29.7. The Morgan fingerprint density at radius 3 is 1.48 bits per heavy atom. The van der Waals surface area contributed by atoms with E-state index in [2.05, 4.69) is 68.8 Å². The Kier molecular flexibility index (Phi) is 42.0. The van der Waals surface area contributed by atoms with Crippen molar-refractivity contribution in [3.05, 3.63) is 220 Å². The van der Waals surface area contributed by atoms with E-state index < -0.39 is 53.5 Å². The van der Waals surface area contributed by atoms with Crippen molar-refractivity contribution in [2.45, 2.75) is 177 Å². The Labute approximate surface area is 677 Å². The largest absolute Gasteiger partial charge is 0.492 e. The van der Waals surface area contributed by atoms with E-state index in [9.17, 15) is 48.4 Å². The third-order valence-corrected chi connectivity index (χ3v) is 21.1.